The lowest BCUT2D eigenvalue weighted by Crippen LogP contribution is -2.51. The molecule has 0 aliphatic carbocycles. The number of anilines is 1. The number of unbranched alkanes of at least 4 members (excludes halogenated alkanes) is 2. The van der Waals surface area contributed by atoms with E-state index in [9.17, 15) is 51.5 Å². The highest BCUT2D eigenvalue weighted by Gasteiger charge is 2.35. The zero-order valence-corrected chi connectivity index (χ0v) is 50.6. The van der Waals surface area contributed by atoms with Crippen molar-refractivity contribution in [1.82, 2.24) is 16.0 Å². The number of hydrogen-bond acceptors (Lipinski definition) is 16. The van der Waals surface area contributed by atoms with Crippen molar-refractivity contribution in [2.24, 2.45) is 17.6 Å². The maximum absolute atomic E-state index is 14.1. The molecule has 3 amide bonds. The fourth-order valence-electron chi connectivity index (χ4n) is 8.47. The lowest BCUT2D eigenvalue weighted by atomic mass is 9.86. The number of amides is 3. The average molecular weight is 1190 g/mol. The number of aryl methyl sites for hydroxylation is 1. The maximum Gasteiger partial charge on any atom is 0.430 e. The summed E-state index contributed by atoms with van der Waals surface area (Å²) in [4.78, 5) is 119. The number of pyridine rings is 1. The number of nitrogens with zero attached hydrogens (tertiary/aromatic N) is 2. The van der Waals surface area contributed by atoms with Gasteiger partial charge in [-0.05, 0) is 124 Å². The Balaban J connectivity index is 0.00000241. The second-order valence-corrected chi connectivity index (χ2v) is 24.6. The first-order chi connectivity index (χ1) is 38.4. The molecule has 83 heavy (non-hydrogen) atoms. The van der Waals surface area contributed by atoms with Gasteiger partial charge in [0.15, 0.2) is 17.8 Å². The molecule has 0 radical (unpaired) electrons. The molecular formula is C60H83F3N6O13S. The SMILES string of the molecule is CC(C)[C@H](CC(=O)[C@H](CCC(=O)OC(C)(C)C)NC(=O)[C@@H](N)CC(=O)OC(C)(C)C)C(=O)N[C@@H](CC(=O)OC(C)(C)C)C(=O)CCCNC(=O)CCCCC[n+]1ccc(C=C2Sc3ccccc3N2C)c2ccccc21.O=C([O-])C(F)(F)F. The topological polar surface area (TPSA) is 274 Å². The van der Waals surface area contributed by atoms with E-state index >= 15 is 0 Å². The molecule has 4 rings (SSSR count). The molecule has 23 heteroatoms. The van der Waals surface area contributed by atoms with Crippen LogP contribution in [0.3, 0.4) is 0 Å². The van der Waals surface area contributed by atoms with Crippen molar-refractivity contribution in [2.45, 2.75) is 199 Å². The van der Waals surface area contributed by atoms with E-state index < -0.39 is 119 Å². The lowest BCUT2D eigenvalue weighted by Gasteiger charge is -2.27. The van der Waals surface area contributed by atoms with Crippen molar-refractivity contribution in [3.63, 3.8) is 0 Å². The number of carbonyl (C=O) groups is 9. The lowest BCUT2D eigenvalue weighted by molar-refractivity contribution is -0.671. The number of Topliss-reactive ketones (excluding diaryl/α,β-unsaturated/α-hetero) is 2. The van der Waals surface area contributed by atoms with Crippen LogP contribution in [0, 0.1) is 11.8 Å². The summed E-state index contributed by atoms with van der Waals surface area (Å²) < 4.78 is 50.0. The molecule has 1 aliphatic rings. The monoisotopic (exact) mass is 1180 g/mol. The van der Waals surface area contributed by atoms with E-state index in [4.69, 9.17) is 29.8 Å². The molecular weight excluding hydrogens is 1100 g/mol. The van der Waals surface area contributed by atoms with E-state index in [0.29, 0.717) is 12.8 Å². The quantitative estimate of drug-likeness (QED) is 0.0256. The normalized spacial score (nSPS) is 14.5. The van der Waals surface area contributed by atoms with Crippen molar-refractivity contribution >= 4 is 87.6 Å². The molecule has 2 aromatic carbocycles. The van der Waals surface area contributed by atoms with Crippen molar-refractivity contribution < 1.29 is 80.2 Å². The molecule has 4 atom stereocenters. The van der Waals surface area contributed by atoms with Crippen LogP contribution in [0.5, 0.6) is 0 Å². The number of rotatable bonds is 27. The summed E-state index contributed by atoms with van der Waals surface area (Å²) in [6, 6.07) is 14.9. The molecule has 0 saturated carbocycles. The summed E-state index contributed by atoms with van der Waals surface area (Å²) >= 11 is 1.76. The Morgan fingerprint density at radius 3 is 1.84 bits per heavy atom. The number of carboxylic acids is 1. The Hall–Kier alpha value is -6.88. The number of esters is 3. The van der Waals surface area contributed by atoms with Gasteiger partial charge in [0.1, 0.15) is 29.3 Å². The third kappa shape index (κ3) is 25.7. The molecule has 0 unspecified atom stereocenters. The molecule has 1 aliphatic heterocycles. The number of nitrogens with one attached hydrogen (secondary N) is 3. The fraction of sp³-hybridized carbons (Fsp3) is 0.567. The summed E-state index contributed by atoms with van der Waals surface area (Å²) in [6.45, 7) is 19.5. The first-order valence-corrected chi connectivity index (χ1v) is 28.5. The highest BCUT2D eigenvalue weighted by Crippen LogP contribution is 2.45. The highest BCUT2D eigenvalue weighted by molar-refractivity contribution is 8.03. The van der Waals surface area contributed by atoms with Gasteiger partial charge in [-0.3, -0.25) is 38.4 Å². The standard InChI is InChI=1S/C58H82N6O11S.C2HF3O2/c1-37(2)40(34-47(66)42(27-28-51(68)73-56(3,4)5)61-55(72)41(59)35-52(69)74-57(6,7)8)54(71)62-43(36-53(70)75-58(9,10)11)46(65)24-20-30-60-49(67)26-14-13-19-31-64-32-29-38(39-21-15-16-22-44(39)64)33-50-63(12)45-23-17-18-25-48(45)76-50;3-2(4,5)1(6)7/h15-18,21-23,25,29,32-33,37,40-43H,13-14,19-20,24,26-28,30-31,34-36,59H2,1-12H3,(H2-,60,61,62,67,71,72);(H,6,7)/t40-,41-,42-,43-;/m0./s1. The van der Waals surface area contributed by atoms with Gasteiger partial charge in [-0.25, -0.2) is 0 Å². The largest absolute Gasteiger partial charge is 0.542 e. The van der Waals surface area contributed by atoms with Gasteiger partial charge in [0.05, 0.1) is 47.1 Å². The number of ketones is 2. The zero-order chi connectivity index (χ0) is 62.6. The van der Waals surface area contributed by atoms with Crippen LogP contribution in [0.25, 0.3) is 17.0 Å². The van der Waals surface area contributed by atoms with Gasteiger partial charge in [0, 0.05) is 68.6 Å². The number of halogens is 3. The number of carboxylic acid groups (broad SMARTS) is 1. The molecule has 5 N–H and O–H groups in total. The number of benzene rings is 2. The number of thioether (sulfide) groups is 1. The number of hydrogen-bond donors (Lipinski definition) is 4. The molecule has 0 fully saturated rings. The Morgan fingerprint density at radius 2 is 1.25 bits per heavy atom. The minimum Gasteiger partial charge on any atom is -0.542 e. The fourth-order valence-corrected chi connectivity index (χ4v) is 9.58. The molecule has 0 saturated heterocycles. The molecule has 2 heterocycles. The highest BCUT2D eigenvalue weighted by atomic mass is 32.2. The Bertz CT molecular complexity index is 2800. The number of ether oxygens (including phenoxy) is 3. The Labute approximate surface area is 488 Å². The number of nitrogens with two attached hydrogens (primary N) is 1. The van der Waals surface area contributed by atoms with Crippen LogP contribution in [0.15, 0.2) is 70.7 Å². The van der Waals surface area contributed by atoms with E-state index in [2.05, 4.69) is 93.3 Å². The predicted molar refractivity (Wildman–Crippen MR) is 305 cm³/mol. The maximum atomic E-state index is 14.1. The van der Waals surface area contributed by atoms with Crippen LogP contribution in [-0.2, 0) is 63.9 Å². The van der Waals surface area contributed by atoms with Crippen LogP contribution < -0.4 is 36.3 Å². The van der Waals surface area contributed by atoms with Crippen molar-refractivity contribution in [3.8, 4) is 0 Å². The van der Waals surface area contributed by atoms with Gasteiger partial charge < -0.3 is 50.7 Å². The van der Waals surface area contributed by atoms with Crippen LogP contribution in [0.2, 0.25) is 0 Å². The van der Waals surface area contributed by atoms with Crippen molar-refractivity contribution in [3.05, 3.63) is 71.4 Å². The Morgan fingerprint density at radius 1 is 0.687 bits per heavy atom. The summed E-state index contributed by atoms with van der Waals surface area (Å²) in [5, 5.41) is 19.3. The van der Waals surface area contributed by atoms with Crippen molar-refractivity contribution in [2.75, 3.05) is 18.5 Å². The molecule has 458 valence electrons. The summed E-state index contributed by atoms with van der Waals surface area (Å²) in [5.41, 5.74) is 7.01. The molecule has 0 bridgehead atoms. The van der Waals surface area contributed by atoms with Crippen LogP contribution in [0.1, 0.15) is 152 Å². The first kappa shape index (κ1) is 70.4. The van der Waals surface area contributed by atoms with Gasteiger partial charge >= 0.3 is 24.1 Å². The smallest absolute Gasteiger partial charge is 0.430 e. The summed E-state index contributed by atoms with van der Waals surface area (Å²) in [6.07, 6.45) is 0.206. The van der Waals surface area contributed by atoms with Gasteiger partial charge in [0.2, 0.25) is 23.2 Å². The molecule has 3 aromatic rings. The Kier molecular flexibility index (Phi) is 26.9. The van der Waals surface area contributed by atoms with Crippen LogP contribution in [-0.4, -0.2) is 108 Å². The van der Waals surface area contributed by atoms with E-state index in [0.717, 1.165) is 40.9 Å². The van der Waals surface area contributed by atoms with Crippen LogP contribution >= 0.6 is 11.8 Å². The van der Waals surface area contributed by atoms with Crippen molar-refractivity contribution in [1.29, 1.82) is 0 Å². The minimum atomic E-state index is -5.19. The number of para-hydroxylation sites is 2. The molecule has 0 spiro atoms. The second kappa shape index (κ2) is 31.7. The summed E-state index contributed by atoms with van der Waals surface area (Å²) in [7, 11) is 2.09. The average Bonchev–Trinajstić information content (AvgIpc) is 3.89. The third-order valence-corrected chi connectivity index (χ3v) is 13.6. The van der Waals surface area contributed by atoms with Gasteiger partial charge in [-0.1, -0.05) is 49.9 Å². The first-order valence-electron chi connectivity index (χ1n) is 27.7. The number of carbonyl (C=O) groups excluding carboxylic acids is 9. The number of aromatic nitrogens is 1. The van der Waals surface area contributed by atoms with E-state index in [1.807, 2.05) is 6.07 Å². The number of aliphatic carboxylic acids is 1. The summed E-state index contributed by atoms with van der Waals surface area (Å²) in [5.74, 6) is -9.32. The second-order valence-electron chi connectivity index (χ2n) is 23.6. The van der Waals surface area contributed by atoms with Gasteiger partial charge in [-0.15, -0.1) is 0 Å². The minimum absolute atomic E-state index is 0.0775. The number of alkyl halides is 3. The van der Waals surface area contributed by atoms with E-state index in [1.165, 1.54) is 10.6 Å². The molecule has 1 aromatic heterocycles. The molecule has 19 nitrogen and oxygen atoms in total. The zero-order valence-electron chi connectivity index (χ0n) is 49.8. The van der Waals surface area contributed by atoms with Crippen LogP contribution in [0.4, 0.5) is 18.9 Å². The van der Waals surface area contributed by atoms with Gasteiger partial charge in [0.25, 0.3) is 0 Å². The number of fused-ring (bicyclic) bond motifs is 2. The predicted octanol–water partition coefficient (Wildman–Crippen LogP) is 7.11. The third-order valence-electron chi connectivity index (χ3n) is 12.4. The van der Waals surface area contributed by atoms with E-state index in [-0.39, 0.29) is 38.1 Å². The van der Waals surface area contributed by atoms with E-state index in [1.54, 1.807) is 87.9 Å². The van der Waals surface area contributed by atoms with Gasteiger partial charge in [-0.2, -0.15) is 17.7 Å².